The second kappa shape index (κ2) is 6.56. The van der Waals surface area contributed by atoms with Gasteiger partial charge in [-0.05, 0) is 33.1 Å². The van der Waals surface area contributed by atoms with Gasteiger partial charge in [0.25, 0.3) is 0 Å². The molecule has 0 aliphatic carbocycles. The van der Waals surface area contributed by atoms with Gasteiger partial charge in [0, 0.05) is 6.54 Å². The van der Waals surface area contributed by atoms with Gasteiger partial charge >= 0.3 is 0 Å². The first-order valence-electron chi connectivity index (χ1n) is 7.80. The molecule has 0 N–H and O–H groups in total. The van der Waals surface area contributed by atoms with Crippen molar-refractivity contribution in [1.29, 1.82) is 0 Å². The number of hydrogen-bond acceptors (Lipinski definition) is 4. The Hall–Kier alpha value is -1.11. The Bertz CT molecular complexity index is 554. The number of piperidine rings is 1. The van der Waals surface area contributed by atoms with Crippen molar-refractivity contribution < 1.29 is 14.3 Å². The number of rotatable bonds is 3. The lowest BCUT2D eigenvalue weighted by Crippen LogP contribution is -2.51. The predicted molar refractivity (Wildman–Crippen MR) is 81.8 cm³/mol. The van der Waals surface area contributed by atoms with Crippen LogP contribution in [0.2, 0.25) is 5.02 Å². The Morgan fingerprint density at radius 3 is 2.68 bits per heavy atom. The highest BCUT2D eigenvalue weighted by atomic mass is 35.5. The number of likely N-dealkylation sites (tertiary alicyclic amines) is 1. The van der Waals surface area contributed by atoms with Crippen molar-refractivity contribution in [3.05, 3.63) is 16.4 Å². The highest BCUT2D eigenvalue weighted by Crippen LogP contribution is 2.25. The summed E-state index contributed by atoms with van der Waals surface area (Å²) in [7, 11) is 0. The van der Waals surface area contributed by atoms with Crippen LogP contribution in [0.3, 0.4) is 0 Å². The first kappa shape index (κ1) is 15.8. The van der Waals surface area contributed by atoms with Crippen molar-refractivity contribution in [1.82, 2.24) is 14.7 Å². The Morgan fingerprint density at radius 2 is 2.05 bits per heavy atom. The van der Waals surface area contributed by atoms with Crippen LogP contribution < -0.4 is 0 Å². The zero-order chi connectivity index (χ0) is 15.7. The van der Waals surface area contributed by atoms with Crippen molar-refractivity contribution >= 4 is 17.5 Å². The number of halogens is 1. The summed E-state index contributed by atoms with van der Waals surface area (Å²) in [4.78, 5) is 14.6. The molecule has 1 atom stereocenters. The first-order valence-corrected chi connectivity index (χ1v) is 8.18. The Balaban J connectivity index is 1.72. The summed E-state index contributed by atoms with van der Waals surface area (Å²) in [6, 6.07) is 0.0104. The fourth-order valence-corrected chi connectivity index (χ4v) is 3.33. The van der Waals surface area contributed by atoms with E-state index < -0.39 is 0 Å². The van der Waals surface area contributed by atoms with Crippen molar-refractivity contribution in [3.8, 4) is 0 Å². The fraction of sp³-hybridized carbons (Fsp3) is 0.733. The van der Waals surface area contributed by atoms with E-state index in [1.54, 1.807) is 4.68 Å². The molecule has 2 saturated heterocycles. The van der Waals surface area contributed by atoms with Gasteiger partial charge < -0.3 is 14.4 Å². The lowest BCUT2D eigenvalue weighted by atomic mass is 10.0. The van der Waals surface area contributed by atoms with Gasteiger partial charge in [0.1, 0.15) is 6.54 Å². The van der Waals surface area contributed by atoms with E-state index in [1.165, 1.54) is 0 Å². The molecule has 7 heteroatoms. The molecule has 0 bridgehead atoms. The molecule has 0 spiro atoms. The molecular formula is C15H22ClN3O3. The quantitative estimate of drug-likeness (QED) is 0.851. The minimum Gasteiger partial charge on any atom is -0.348 e. The summed E-state index contributed by atoms with van der Waals surface area (Å²) in [6.45, 7) is 5.90. The lowest BCUT2D eigenvalue weighted by Gasteiger charge is -2.38. The van der Waals surface area contributed by atoms with E-state index in [-0.39, 0.29) is 24.8 Å². The van der Waals surface area contributed by atoms with Gasteiger partial charge in [-0.25, -0.2) is 0 Å². The van der Waals surface area contributed by atoms with Crippen molar-refractivity contribution in [2.24, 2.45) is 0 Å². The van der Waals surface area contributed by atoms with Gasteiger partial charge in [-0.2, -0.15) is 5.10 Å². The summed E-state index contributed by atoms with van der Waals surface area (Å²) in [6.07, 6.45) is 2.76. The molecule has 2 aliphatic heterocycles. The van der Waals surface area contributed by atoms with E-state index in [0.717, 1.165) is 37.2 Å². The molecule has 0 aromatic carbocycles. The number of nitrogens with zero attached hydrogens (tertiary/aromatic N) is 3. The van der Waals surface area contributed by atoms with E-state index in [2.05, 4.69) is 5.10 Å². The van der Waals surface area contributed by atoms with Crippen molar-refractivity contribution in [3.63, 3.8) is 0 Å². The van der Waals surface area contributed by atoms with Crippen LogP contribution in [0.15, 0.2) is 0 Å². The van der Waals surface area contributed by atoms with Gasteiger partial charge in [-0.1, -0.05) is 11.6 Å². The molecule has 6 nitrogen and oxygen atoms in total. The van der Waals surface area contributed by atoms with Gasteiger partial charge in [-0.3, -0.25) is 9.48 Å². The lowest BCUT2D eigenvalue weighted by molar-refractivity contribution is -0.151. The van der Waals surface area contributed by atoms with Crippen LogP contribution in [-0.4, -0.2) is 52.7 Å². The van der Waals surface area contributed by atoms with Crippen LogP contribution in [0, 0.1) is 13.8 Å². The SMILES string of the molecule is Cc1nn(CC(=O)N2CCCCC2C2OCCO2)c(C)c1Cl. The highest BCUT2D eigenvalue weighted by molar-refractivity contribution is 6.31. The van der Waals surface area contributed by atoms with Crippen LogP contribution >= 0.6 is 11.6 Å². The molecule has 3 rings (SSSR count). The number of amides is 1. The summed E-state index contributed by atoms with van der Waals surface area (Å²) in [5.74, 6) is 0.0473. The highest BCUT2D eigenvalue weighted by Gasteiger charge is 2.36. The van der Waals surface area contributed by atoms with E-state index in [1.807, 2.05) is 18.7 Å². The third-order valence-electron chi connectivity index (χ3n) is 4.41. The van der Waals surface area contributed by atoms with E-state index >= 15 is 0 Å². The minimum absolute atomic E-state index is 0.0104. The molecule has 122 valence electrons. The third-order valence-corrected chi connectivity index (χ3v) is 4.96. The molecule has 2 fully saturated rings. The average molecular weight is 328 g/mol. The van der Waals surface area contributed by atoms with E-state index in [9.17, 15) is 4.79 Å². The van der Waals surface area contributed by atoms with Gasteiger partial charge in [0.15, 0.2) is 6.29 Å². The maximum atomic E-state index is 12.7. The summed E-state index contributed by atoms with van der Waals surface area (Å²) in [5.41, 5.74) is 1.58. The van der Waals surface area contributed by atoms with Gasteiger partial charge in [0.2, 0.25) is 5.91 Å². The standard InChI is InChI=1S/C15H22ClN3O3/c1-10-14(16)11(2)19(17-10)9-13(20)18-6-4-3-5-12(18)15-21-7-8-22-15/h12,15H,3-9H2,1-2H3. The van der Waals surface area contributed by atoms with E-state index in [0.29, 0.717) is 18.2 Å². The molecule has 0 radical (unpaired) electrons. The molecule has 3 heterocycles. The number of hydrogen-bond donors (Lipinski definition) is 0. The Labute approximate surface area is 135 Å². The second-order valence-electron chi connectivity index (χ2n) is 5.90. The third kappa shape index (κ3) is 3.00. The summed E-state index contributed by atoms with van der Waals surface area (Å²) in [5, 5.41) is 4.97. The molecule has 1 aromatic heterocycles. The average Bonchev–Trinajstić information content (AvgIpc) is 3.13. The topological polar surface area (TPSA) is 56.6 Å². The number of carbonyl (C=O) groups excluding carboxylic acids is 1. The number of carbonyl (C=O) groups is 1. The van der Waals surface area contributed by atoms with Crippen LogP contribution in [0.1, 0.15) is 30.7 Å². The maximum Gasteiger partial charge on any atom is 0.244 e. The molecular weight excluding hydrogens is 306 g/mol. The molecule has 1 unspecified atom stereocenters. The molecule has 2 aliphatic rings. The van der Waals surface area contributed by atoms with Crippen molar-refractivity contribution in [2.75, 3.05) is 19.8 Å². The maximum absolute atomic E-state index is 12.7. The number of aromatic nitrogens is 2. The second-order valence-corrected chi connectivity index (χ2v) is 6.28. The molecule has 1 amide bonds. The van der Waals surface area contributed by atoms with Crippen LogP contribution in [0.25, 0.3) is 0 Å². The zero-order valence-corrected chi connectivity index (χ0v) is 13.8. The molecule has 22 heavy (non-hydrogen) atoms. The fourth-order valence-electron chi connectivity index (χ4n) is 3.20. The first-order chi connectivity index (χ1) is 10.6. The van der Waals surface area contributed by atoms with Crippen LogP contribution in [-0.2, 0) is 20.8 Å². The van der Waals surface area contributed by atoms with Gasteiger partial charge in [0.05, 0.1) is 35.7 Å². The number of ether oxygens (including phenoxy) is 2. The smallest absolute Gasteiger partial charge is 0.244 e. The Kier molecular flexibility index (Phi) is 4.70. The van der Waals surface area contributed by atoms with E-state index in [4.69, 9.17) is 21.1 Å². The monoisotopic (exact) mass is 327 g/mol. The molecule has 0 saturated carbocycles. The predicted octanol–water partition coefficient (Wildman–Crippen LogP) is 1.91. The van der Waals surface area contributed by atoms with Crippen molar-refractivity contribution in [2.45, 2.75) is 52.0 Å². The Morgan fingerprint density at radius 1 is 1.32 bits per heavy atom. The minimum atomic E-state index is -0.284. The van der Waals surface area contributed by atoms with Gasteiger partial charge in [-0.15, -0.1) is 0 Å². The number of aryl methyl sites for hydroxylation is 1. The van der Waals surface area contributed by atoms with Crippen LogP contribution in [0.5, 0.6) is 0 Å². The summed E-state index contributed by atoms with van der Waals surface area (Å²) < 4.78 is 12.9. The zero-order valence-electron chi connectivity index (χ0n) is 13.0. The molecule has 1 aromatic rings. The normalized spacial score (nSPS) is 23.2. The largest absolute Gasteiger partial charge is 0.348 e. The summed E-state index contributed by atoms with van der Waals surface area (Å²) >= 11 is 6.15. The van der Waals surface area contributed by atoms with Crippen LogP contribution in [0.4, 0.5) is 0 Å².